The second kappa shape index (κ2) is 8.54. The Morgan fingerprint density at radius 2 is 1.91 bits per heavy atom. The molecular formula is C23H26F3N5O. The van der Waals surface area contributed by atoms with Gasteiger partial charge >= 0.3 is 6.18 Å². The number of aryl methyl sites for hydroxylation is 3. The van der Waals surface area contributed by atoms with Gasteiger partial charge in [0.15, 0.2) is 5.65 Å². The summed E-state index contributed by atoms with van der Waals surface area (Å²) in [6, 6.07) is 7.27. The maximum Gasteiger partial charge on any atom is 0.416 e. The number of carbonyl (C=O) groups excluding carboxylic acids is 1. The molecule has 0 bridgehead atoms. The zero-order chi connectivity index (χ0) is 23.0. The summed E-state index contributed by atoms with van der Waals surface area (Å²) in [5.41, 5.74) is 2.79. The molecule has 1 N–H and O–H groups in total. The summed E-state index contributed by atoms with van der Waals surface area (Å²) in [6.07, 6.45) is -2.86. The number of nitrogens with one attached hydrogen (secondary N) is 1. The molecule has 2 aromatic heterocycles. The molecule has 3 aromatic rings. The number of alkyl halides is 3. The Hall–Kier alpha value is -2.94. The molecule has 0 radical (unpaired) electrons. The minimum Gasteiger partial charge on any atom is -0.349 e. The molecule has 0 unspecified atom stereocenters. The van der Waals surface area contributed by atoms with E-state index < -0.39 is 11.7 Å². The molecule has 9 heteroatoms. The van der Waals surface area contributed by atoms with Gasteiger partial charge in [-0.1, -0.05) is 18.2 Å². The van der Waals surface area contributed by atoms with Gasteiger partial charge < -0.3 is 5.32 Å². The highest BCUT2D eigenvalue weighted by atomic mass is 19.4. The zero-order valence-electron chi connectivity index (χ0n) is 18.3. The second-order valence-corrected chi connectivity index (χ2v) is 8.44. The summed E-state index contributed by atoms with van der Waals surface area (Å²) in [7, 11) is 1.81. The van der Waals surface area contributed by atoms with Crippen LogP contribution < -0.4 is 5.32 Å². The number of halogens is 3. The molecule has 1 aliphatic rings. The summed E-state index contributed by atoms with van der Waals surface area (Å²) in [4.78, 5) is 19.7. The number of fused-ring (bicyclic) bond motifs is 1. The molecule has 0 atom stereocenters. The molecule has 0 saturated carbocycles. The van der Waals surface area contributed by atoms with E-state index in [1.807, 2.05) is 20.9 Å². The Kier molecular flexibility index (Phi) is 5.94. The minimum atomic E-state index is -4.34. The molecule has 3 heterocycles. The molecule has 32 heavy (non-hydrogen) atoms. The quantitative estimate of drug-likeness (QED) is 0.660. The number of hydrogen-bond acceptors (Lipinski definition) is 4. The molecule has 1 fully saturated rings. The lowest BCUT2D eigenvalue weighted by Crippen LogP contribution is -2.44. The van der Waals surface area contributed by atoms with Gasteiger partial charge in [0.1, 0.15) is 0 Å². The fourth-order valence-electron chi connectivity index (χ4n) is 4.35. The third kappa shape index (κ3) is 4.62. The van der Waals surface area contributed by atoms with Crippen molar-refractivity contribution < 1.29 is 18.0 Å². The number of rotatable bonds is 4. The SMILES string of the molecule is Cc1cc(C(=O)NC2CCN(Cc3cccc(C(F)(F)F)c3)CC2)c2c(C)nn(C)c2n1. The van der Waals surface area contributed by atoms with Gasteiger partial charge in [-0.25, -0.2) is 4.98 Å². The molecule has 0 spiro atoms. The number of hydrogen-bond donors (Lipinski definition) is 1. The van der Waals surface area contributed by atoms with Crippen LogP contribution in [0.15, 0.2) is 30.3 Å². The Balaban J connectivity index is 1.39. The highest BCUT2D eigenvalue weighted by Crippen LogP contribution is 2.30. The molecule has 1 aromatic carbocycles. The first-order valence-corrected chi connectivity index (χ1v) is 10.6. The largest absolute Gasteiger partial charge is 0.416 e. The van der Waals surface area contributed by atoms with Gasteiger partial charge in [-0.2, -0.15) is 18.3 Å². The second-order valence-electron chi connectivity index (χ2n) is 8.44. The summed E-state index contributed by atoms with van der Waals surface area (Å²) < 4.78 is 40.5. The maximum absolute atomic E-state index is 13.0. The van der Waals surface area contributed by atoms with Crippen LogP contribution in [-0.2, 0) is 19.8 Å². The van der Waals surface area contributed by atoms with Crippen LogP contribution >= 0.6 is 0 Å². The molecule has 4 rings (SSSR count). The predicted molar refractivity (Wildman–Crippen MR) is 115 cm³/mol. The lowest BCUT2D eigenvalue weighted by molar-refractivity contribution is -0.137. The fraction of sp³-hybridized carbons (Fsp3) is 0.435. The molecule has 1 aliphatic heterocycles. The average Bonchev–Trinajstić information content (AvgIpc) is 3.02. The van der Waals surface area contributed by atoms with Gasteiger partial charge in [0.2, 0.25) is 0 Å². The van der Waals surface area contributed by atoms with Crippen LogP contribution in [0.4, 0.5) is 13.2 Å². The Morgan fingerprint density at radius 1 is 1.19 bits per heavy atom. The smallest absolute Gasteiger partial charge is 0.349 e. The van der Waals surface area contributed by atoms with Crippen LogP contribution in [-0.4, -0.2) is 44.7 Å². The summed E-state index contributed by atoms with van der Waals surface area (Å²) >= 11 is 0. The van der Waals surface area contributed by atoms with Crippen LogP contribution in [0.5, 0.6) is 0 Å². The lowest BCUT2D eigenvalue weighted by atomic mass is 10.0. The van der Waals surface area contributed by atoms with E-state index >= 15 is 0 Å². The zero-order valence-corrected chi connectivity index (χ0v) is 18.3. The Bertz CT molecular complexity index is 1150. The maximum atomic E-state index is 13.0. The standard InChI is InChI=1S/C23H26F3N5O/c1-14-11-19(20-15(2)29-30(3)21(20)27-14)22(32)28-18-7-9-31(10-8-18)13-16-5-4-6-17(12-16)23(24,25)26/h4-6,11-12,18H,7-10,13H2,1-3H3,(H,28,32). The third-order valence-corrected chi connectivity index (χ3v) is 5.92. The number of nitrogens with zero attached hydrogens (tertiary/aromatic N) is 4. The molecule has 1 saturated heterocycles. The van der Waals surface area contributed by atoms with E-state index in [2.05, 4.69) is 20.3 Å². The van der Waals surface area contributed by atoms with Gasteiger partial charge in [-0.3, -0.25) is 14.4 Å². The topological polar surface area (TPSA) is 63.1 Å². The predicted octanol–water partition coefficient (Wildman–Crippen LogP) is 4.00. The van der Waals surface area contributed by atoms with Crippen molar-refractivity contribution in [2.75, 3.05) is 13.1 Å². The average molecular weight is 445 g/mol. The minimum absolute atomic E-state index is 0.0146. The normalized spacial score (nSPS) is 15.9. The number of benzene rings is 1. The first kappa shape index (κ1) is 22.3. The van der Waals surface area contributed by atoms with E-state index in [1.165, 1.54) is 12.1 Å². The van der Waals surface area contributed by atoms with Crippen LogP contribution in [0.25, 0.3) is 11.0 Å². The van der Waals surface area contributed by atoms with Crippen molar-refractivity contribution >= 4 is 16.9 Å². The van der Waals surface area contributed by atoms with E-state index in [0.717, 1.165) is 35.7 Å². The Labute approximate surface area is 184 Å². The summed E-state index contributed by atoms with van der Waals surface area (Å²) in [5.74, 6) is -0.145. The summed E-state index contributed by atoms with van der Waals surface area (Å²) in [6.45, 7) is 5.59. The van der Waals surface area contributed by atoms with Crippen LogP contribution in [0, 0.1) is 13.8 Å². The van der Waals surface area contributed by atoms with Gasteiger partial charge in [0.25, 0.3) is 5.91 Å². The Morgan fingerprint density at radius 3 is 2.59 bits per heavy atom. The lowest BCUT2D eigenvalue weighted by Gasteiger charge is -2.32. The first-order valence-electron chi connectivity index (χ1n) is 10.6. The molecule has 170 valence electrons. The van der Waals surface area contributed by atoms with Gasteiger partial charge in [-0.05, 0) is 44.4 Å². The van der Waals surface area contributed by atoms with Gasteiger partial charge in [0, 0.05) is 38.4 Å². The monoisotopic (exact) mass is 445 g/mol. The number of amides is 1. The van der Waals surface area contributed by atoms with E-state index in [1.54, 1.807) is 16.8 Å². The van der Waals surface area contributed by atoms with Gasteiger partial charge in [0.05, 0.1) is 22.2 Å². The highest BCUT2D eigenvalue weighted by molar-refractivity contribution is 6.06. The van der Waals surface area contributed by atoms with Crippen molar-refractivity contribution in [3.05, 3.63) is 58.4 Å². The van der Waals surface area contributed by atoms with Crippen LogP contribution in [0.3, 0.4) is 0 Å². The van der Waals surface area contributed by atoms with Crippen molar-refractivity contribution in [3.63, 3.8) is 0 Å². The summed E-state index contributed by atoms with van der Waals surface area (Å²) in [5, 5.41) is 8.28. The molecule has 0 aliphatic carbocycles. The van der Waals surface area contributed by atoms with Gasteiger partial charge in [-0.15, -0.1) is 0 Å². The van der Waals surface area contributed by atoms with Crippen molar-refractivity contribution in [2.24, 2.45) is 7.05 Å². The van der Waals surface area contributed by atoms with E-state index in [9.17, 15) is 18.0 Å². The molecule has 1 amide bonds. The van der Waals surface area contributed by atoms with Crippen molar-refractivity contribution in [1.29, 1.82) is 0 Å². The number of piperidine rings is 1. The molecule has 6 nitrogen and oxygen atoms in total. The number of likely N-dealkylation sites (tertiary alicyclic amines) is 1. The third-order valence-electron chi connectivity index (χ3n) is 5.92. The molecular weight excluding hydrogens is 419 g/mol. The number of carbonyl (C=O) groups is 1. The van der Waals surface area contributed by atoms with E-state index in [0.29, 0.717) is 36.4 Å². The number of aromatic nitrogens is 3. The fourth-order valence-corrected chi connectivity index (χ4v) is 4.35. The van der Waals surface area contributed by atoms with E-state index in [4.69, 9.17) is 0 Å². The van der Waals surface area contributed by atoms with Crippen LogP contribution in [0.1, 0.15) is 45.7 Å². The van der Waals surface area contributed by atoms with Crippen LogP contribution in [0.2, 0.25) is 0 Å². The highest BCUT2D eigenvalue weighted by Gasteiger charge is 2.30. The van der Waals surface area contributed by atoms with E-state index in [-0.39, 0.29) is 11.9 Å². The van der Waals surface area contributed by atoms with Crippen molar-refractivity contribution in [2.45, 2.75) is 45.5 Å². The first-order chi connectivity index (χ1) is 15.1. The van der Waals surface area contributed by atoms with Crippen molar-refractivity contribution in [3.8, 4) is 0 Å². The van der Waals surface area contributed by atoms with Crippen molar-refractivity contribution in [1.82, 2.24) is 25.0 Å². The number of pyridine rings is 1.